The van der Waals surface area contributed by atoms with Gasteiger partial charge in [0.1, 0.15) is 5.75 Å². The van der Waals surface area contributed by atoms with E-state index in [1.807, 2.05) is 54.6 Å². The van der Waals surface area contributed by atoms with Crippen LogP contribution >= 0.6 is 27.7 Å². The molecule has 1 aromatic heterocycles. The van der Waals surface area contributed by atoms with Crippen LogP contribution in [0.2, 0.25) is 0 Å². The van der Waals surface area contributed by atoms with E-state index in [0.717, 1.165) is 15.9 Å². The maximum absolute atomic E-state index is 12.0. The lowest BCUT2D eigenvalue weighted by atomic mass is 10.3. The topological polar surface area (TPSA) is 77.2 Å². The van der Waals surface area contributed by atoms with Gasteiger partial charge in [-0.1, -0.05) is 52.0 Å². The summed E-state index contributed by atoms with van der Waals surface area (Å²) in [4.78, 5) is 12.0. The van der Waals surface area contributed by atoms with Gasteiger partial charge in [0, 0.05) is 10.2 Å². The SMILES string of the molecule is O=C(CSc1nnc(COc2ccccc2)o1)Nc1cccc(Br)c1. The Morgan fingerprint density at radius 1 is 1.16 bits per heavy atom. The number of carbonyl (C=O) groups is 1. The number of nitrogens with zero attached hydrogens (tertiary/aromatic N) is 2. The van der Waals surface area contributed by atoms with Crippen molar-refractivity contribution in [2.45, 2.75) is 11.8 Å². The summed E-state index contributed by atoms with van der Waals surface area (Å²) in [6.07, 6.45) is 0. The van der Waals surface area contributed by atoms with E-state index in [1.54, 1.807) is 0 Å². The average Bonchev–Trinajstić information content (AvgIpc) is 3.07. The van der Waals surface area contributed by atoms with E-state index >= 15 is 0 Å². The van der Waals surface area contributed by atoms with Crippen LogP contribution < -0.4 is 10.1 Å². The van der Waals surface area contributed by atoms with Gasteiger partial charge in [-0.25, -0.2) is 0 Å². The van der Waals surface area contributed by atoms with Crippen LogP contribution in [0.3, 0.4) is 0 Å². The molecule has 0 spiro atoms. The summed E-state index contributed by atoms with van der Waals surface area (Å²) in [5.41, 5.74) is 0.724. The normalized spacial score (nSPS) is 10.4. The number of hydrogen-bond donors (Lipinski definition) is 1. The molecule has 0 aliphatic heterocycles. The van der Waals surface area contributed by atoms with Crippen molar-refractivity contribution < 1.29 is 13.9 Å². The fraction of sp³-hybridized carbons (Fsp3) is 0.118. The van der Waals surface area contributed by atoms with Crippen LogP contribution in [-0.2, 0) is 11.4 Å². The number of amides is 1. The largest absolute Gasteiger partial charge is 0.484 e. The zero-order valence-corrected chi connectivity index (χ0v) is 15.4. The number of halogens is 1. The standard InChI is InChI=1S/C17H14BrN3O3S/c18-12-5-4-6-13(9-12)19-15(22)11-25-17-21-20-16(24-17)10-23-14-7-2-1-3-8-14/h1-9H,10-11H2,(H,19,22). The molecule has 0 bridgehead atoms. The maximum Gasteiger partial charge on any atom is 0.277 e. The highest BCUT2D eigenvalue weighted by molar-refractivity contribution is 9.10. The molecule has 0 unspecified atom stereocenters. The minimum Gasteiger partial charge on any atom is -0.484 e. The number of rotatable bonds is 7. The Labute approximate surface area is 157 Å². The molecule has 0 aliphatic rings. The van der Waals surface area contributed by atoms with Crippen LogP contribution in [0.1, 0.15) is 5.89 Å². The molecule has 0 aliphatic carbocycles. The van der Waals surface area contributed by atoms with Crippen molar-refractivity contribution in [1.82, 2.24) is 10.2 Å². The van der Waals surface area contributed by atoms with Gasteiger partial charge >= 0.3 is 0 Å². The number of para-hydroxylation sites is 1. The van der Waals surface area contributed by atoms with Gasteiger partial charge < -0.3 is 14.5 Å². The molecule has 0 saturated heterocycles. The van der Waals surface area contributed by atoms with Crippen molar-refractivity contribution in [1.29, 1.82) is 0 Å². The molecule has 1 amide bonds. The second-order valence-corrected chi connectivity index (χ2v) is 6.75. The Kier molecular flexibility index (Phi) is 6.08. The summed E-state index contributed by atoms with van der Waals surface area (Å²) in [6, 6.07) is 16.8. The summed E-state index contributed by atoms with van der Waals surface area (Å²) in [5.74, 6) is 1.11. The van der Waals surface area contributed by atoms with Crippen LogP contribution in [0, 0.1) is 0 Å². The summed E-state index contributed by atoms with van der Waals surface area (Å²) in [5, 5.41) is 10.9. The summed E-state index contributed by atoms with van der Waals surface area (Å²) in [6.45, 7) is 0.182. The molecule has 3 aromatic rings. The van der Waals surface area contributed by atoms with Gasteiger partial charge in [0.25, 0.3) is 11.1 Å². The molecule has 128 valence electrons. The molecule has 2 aromatic carbocycles. The Hall–Kier alpha value is -2.32. The Morgan fingerprint density at radius 3 is 2.80 bits per heavy atom. The van der Waals surface area contributed by atoms with Crippen LogP contribution in [0.15, 0.2) is 68.7 Å². The molecule has 0 atom stereocenters. The highest BCUT2D eigenvalue weighted by Gasteiger charge is 2.10. The van der Waals surface area contributed by atoms with Crippen molar-refractivity contribution in [2.75, 3.05) is 11.1 Å². The second-order valence-electron chi connectivity index (χ2n) is 4.91. The van der Waals surface area contributed by atoms with Crippen molar-refractivity contribution in [3.63, 3.8) is 0 Å². The van der Waals surface area contributed by atoms with Crippen LogP contribution in [0.4, 0.5) is 5.69 Å². The number of carbonyl (C=O) groups excluding carboxylic acids is 1. The second kappa shape index (κ2) is 8.68. The minimum atomic E-state index is -0.150. The number of aromatic nitrogens is 2. The van der Waals surface area contributed by atoms with Crippen molar-refractivity contribution in [3.05, 3.63) is 65.0 Å². The molecular weight excluding hydrogens is 406 g/mol. The number of benzene rings is 2. The van der Waals surface area contributed by atoms with Gasteiger partial charge in [0.2, 0.25) is 5.91 Å². The highest BCUT2D eigenvalue weighted by atomic mass is 79.9. The first-order valence-corrected chi connectivity index (χ1v) is 9.15. The molecular formula is C17H14BrN3O3S. The molecule has 0 fully saturated rings. The third-order valence-electron chi connectivity index (χ3n) is 2.99. The van der Waals surface area contributed by atoms with Crippen molar-refractivity contribution in [2.24, 2.45) is 0 Å². The van der Waals surface area contributed by atoms with Gasteiger partial charge in [0.15, 0.2) is 6.61 Å². The minimum absolute atomic E-state index is 0.150. The zero-order valence-electron chi connectivity index (χ0n) is 13.0. The molecule has 0 saturated carbocycles. The van der Waals surface area contributed by atoms with Crippen LogP contribution in [0.25, 0.3) is 0 Å². The number of nitrogens with one attached hydrogen (secondary N) is 1. The first kappa shape index (κ1) is 17.5. The molecule has 6 nitrogen and oxygen atoms in total. The van der Waals surface area contributed by atoms with E-state index in [1.165, 1.54) is 11.8 Å². The molecule has 8 heteroatoms. The van der Waals surface area contributed by atoms with Crippen LogP contribution in [0.5, 0.6) is 5.75 Å². The van der Waals surface area contributed by atoms with E-state index in [4.69, 9.17) is 9.15 Å². The molecule has 3 rings (SSSR count). The fourth-order valence-corrected chi connectivity index (χ4v) is 2.89. The van der Waals surface area contributed by atoms with Gasteiger partial charge in [-0.15, -0.1) is 10.2 Å². The van der Waals surface area contributed by atoms with E-state index in [-0.39, 0.29) is 18.3 Å². The lowest BCUT2D eigenvalue weighted by molar-refractivity contribution is -0.113. The Balaban J connectivity index is 1.45. The third kappa shape index (κ3) is 5.61. The lowest BCUT2D eigenvalue weighted by Gasteiger charge is -2.04. The number of thioether (sulfide) groups is 1. The smallest absolute Gasteiger partial charge is 0.277 e. The molecule has 0 radical (unpaired) electrons. The monoisotopic (exact) mass is 419 g/mol. The number of ether oxygens (including phenoxy) is 1. The molecule has 1 heterocycles. The maximum atomic E-state index is 12.0. The molecule has 1 N–H and O–H groups in total. The Bertz CT molecular complexity index is 842. The number of hydrogen-bond acceptors (Lipinski definition) is 6. The lowest BCUT2D eigenvalue weighted by Crippen LogP contribution is -2.13. The predicted octanol–water partition coefficient (Wildman–Crippen LogP) is 4.14. The van der Waals surface area contributed by atoms with Crippen LogP contribution in [-0.4, -0.2) is 21.9 Å². The summed E-state index contributed by atoms with van der Waals surface area (Å²) >= 11 is 4.54. The van der Waals surface area contributed by atoms with Gasteiger partial charge in [-0.05, 0) is 30.3 Å². The first-order valence-electron chi connectivity index (χ1n) is 7.37. The summed E-state index contributed by atoms with van der Waals surface area (Å²) in [7, 11) is 0. The predicted molar refractivity (Wildman–Crippen MR) is 98.6 cm³/mol. The zero-order chi connectivity index (χ0) is 17.5. The van der Waals surface area contributed by atoms with E-state index < -0.39 is 0 Å². The highest BCUT2D eigenvalue weighted by Crippen LogP contribution is 2.19. The quantitative estimate of drug-likeness (QED) is 0.579. The van der Waals surface area contributed by atoms with E-state index in [2.05, 4.69) is 31.4 Å². The third-order valence-corrected chi connectivity index (χ3v) is 4.30. The summed E-state index contributed by atoms with van der Waals surface area (Å²) < 4.78 is 11.9. The van der Waals surface area contributed by atoms with Gasteiger partial charge in [-0.3, -0.25) is 4.79 Å². The van der Waals surface area contributed by atoms with Gasteiger partial charge in [0.05, 0.1) is 5.75 Å². The van der Waals surface area contributed by atoms with Gasteiger partial charge in [-0.2, -0.15) is 0 Å². The van der Waals surface area contributed by atoms with E-state index in [9.17, 15) is 4.79 Å². The first-order chi connectivity index (χ1) is 12.2. The average molecular weight is 420 g/mol. The fourth-order valence-electron chi connectivity index (χ4n) is 1.91. The van der Waals surface area contributed by atoms with Crippen molar-refractivity contribution in [3.8, 4) is 5.75 Å². The number of anilines is 1. The molecule has 25 heavy (non-hydrogen) atoms. The van der Waals surface area contributed by atoms with E-state index in [0.29, 0.717) is 11.1 Å². The van der Waals surface area contributed by atoms with Crippen molar-refractivity contribution >= 4 is 39.3 Å². The Morgan fingerprint density at radius 2 is 2.00 bits per heavy atom.